The van der Waals surface area contributed by atoms with Crippen molar-refractivity contribution in [1.82, 2.24) is 5.32 Å². The second-order valence-electron chi connectivity index (χ2n) is 4.40. The average molecular weight is 275 g/mol. The van der Waals surface area contributed by atoms with Crippen molar-refractivity contribution in [3.05, 3.63) is 58.3 Å². The molecule has 2 N–H and O–H groups in total. The first-order valence-corrected chi connectivity index (χ1v) is 7.13. The van der Waals surface area contributed by atoms with Gasteiger partial charge in [-0.3, -0.25) is 4.79 Å². The molecule has 0 saturated carbocycles. The first kappa shape index (κ1) is 13.8. The van der Waals surface area contributed by atoms with E-state index in [1.54, 1.807) is 11.3 Å². The van der Waals surface area contributed by atoms with Gasteiger partial charge < -0.3 is 10.4 Å². The molecule has 2 rings (SSSR count). The zero-order chi connectivity index (χ0) is 13.5. The second kappa shape index (κ2) is 7.07. The van der Waals surface area contributed by atoms with E-state index in [0.717, 1.165) is 10.4 Å². The number of hydrogen-bond acceptors (Lipinski definition) is 3. The number of thiophene rings is 1. The summed E-state index contributed by atoms with van der Waals surface area (Å²) in [7, 11) is 0. The molecular weight excluding hydrogens is 258 g/mol. The third-order valence-electron chi connectivity index (χ3n) is 2.76. The summed E-state index contributed by atoms with van der Waals surface area (Å²) in [6.45, 7) is 0.291. The summed E-state index contributed by atoms with van der Waals surface area (Å²) in [5.74, 6) is -0.0467. The van der Waals surface area contributed by atoms with Gasteiger partial charge >= 0.3 is 0 Å². The van der Waals surface area contributed by atoms with Crippen LogP contribution in [0.4, 0.5) is 0 Å². The van der Waals surface area contributed by atoms with Gasteiger partial charge in [0.15, 0.2) is 0 Å². The van der Waals surface area contributed by atoms with Crippen molar-refractivity contribution >= 4 is 17.2 Å². The number of hydrogen-bond donors (Lipinski definition) is 2. The molecule has 4 heteroatoms. The maximum Gasteiger partial charge on any atom is 0.225 e. The smallest absolute Gasteiger partial charge is 0.225 e. The van der Waals surface area contributed by atoms with Gasteiger partial charge in [-0.2, -0.15) is 0 Å². The molecule has 1 aromatic carbocycles. The molecule has 0 radical (unpaired) electrons. The average Bonchev–Trinajstić information content (AvgIpc) is 2.90. The number of rotatable bonds is 6. The van der Waals surface area contributed by atoms with E-state index < -0.39 is 6.10 Å². The van der Waals surface area contributed by atoms with Gasteiger partial charge in [0.25, 0.3) is 0 Å². The van der Waals surface area contributed by atoms with Crippen LogP contribution < -0.4 is 5.32 Å². The summed E-state index contributed by atoms with van der Waals surface area (Å²) >= 11 is 1.56. The molecular formula is C15H17NO2S. The van der Waals surface area contributed by atoms with Crippen LogP contribution in [-0.4, -0.2) is 23.7 Å². The van der Waals surface area contributed by atoms with E-state index in [1.807, 2.05) is 47.8 Å². The third kappa shape index (κ3) is 4.85. The number of benzene rings is 1. The molecule has 19 heavy (non-hydrogen) atoms. The minimum atomic E-state index is -0.547. The van der Waals surface area contributed by atoms with Gasteiger partial charge in [-0.1, -0.05) is 36.4 Å². The highest BCUT2D eigenvalue weighted by Gasteiger charge is 2.08. The fourth-order valence-electron chi connectivity index (χ4n) is 1.82. The molecule has 1 amide bonds. The standard InChI is InChI=1S/C15H17NO2S/c17-13(9-12-5-2-1-3-6-12)11-16-15(18)10-14-7-4-8-19-14/h1-8,13,17H,9-11H2,(H,16,18)/t13-/m1/s1. The Morgan fingerprint density at radius 2 is 2.00 bits per heavy atom. The lowest BCUT2D eigenvalue weighted by molar-refractivity contribution is -0.120. The molecule has 1 atom stereocenters. The third-order valence-corrected chi connectivity index (χ3v) is 3.64. The molecule has 0 unspecified atom stereocenters. The van der Waals surface area contributed by atoms with Gasteiger partial charge in [-0.25, -0.2) is 0 Å². The van der Waals surface area contributed by atoms with E-state index in [0.29, 0.717) is 19.4 Å². The monoisotopic (exact) mass is 275 g/mol. The van der Waals surface area contributed by atoms with Crippen LogP contribution in [0.3, 0.4) is 0 Å². The van der Waals surface area contributed by atoms with Crippen molar-refractivity contribution in [2.24, 2.45) is 0 Å². The largest absolute Gasteiger partial charge is 0.391 e. The Bertz CT molecular complexity index is 496. The zero-order valence-electron chi connectivity index (χ0n) is 10.6. The summed E-state index contributed by atoms with van der Waals surface area (Å²) in [4.78, 5) is 12.7. The van der Waals surface area contributed by atoms with Gasteiger partial charge in [-0.15, -0.1) is 11.3 Å². The topological polar surface area (TPSA) is 49.3 Å². The van der Waals surface area contributed by atoms with Crippen molar-refractivity contribution in [3.63, 3.8) is 0 Å². The fourth-order valence-corrected chi connectivity index (χ4v) is 2.53. The zero-order valence-corrected chi connectivity index (χ0v) is 11.4. The first-order chi connectivity index (χ1) is 9.24. The highest BCUT2D eigenvalue weighted by atomic mass is 32.1. The molecule has 3 nitrogen and oxygen atoms in total. The molecule has 1 heterocycles. The Morgan fingerprint density at radius 1 is 1.21 bits per heavy atom. The van der Waals surface area contributed by atoms with Gasteiger partial charge in [-0.05, 0) is 17.0 Å². The summed E-state index contributed by atoms with van der Waals surface area (Å²) in [5, 5.41) is 14.6. The Kier molecular flexibility index (Phi) is 5.12. The molecule has 0 aliphatic rings. The van der Waals surface area contributed by atoms with E-state index in [2.05, 4.69) is 5.32 Å². The van der Waals surface area contributed by atoms with Crippen LogP contribution in [-0.2, 0) is 17.6 Å². The maximum absolute atomic E-state index is 11.7. The normalized spacial score (nSPS) is 12.1. The van der Waals surface area contributed by atoms with Crippen LogP contribution in [0.25, 0.3) is 0 Å². The van der Waals surface area contributed by atoms with Gasteiger partial charge in [0, 0.05) is 17.8 Å². The molecule has 1 aromatic heterocycles. The number of aliphatic hydroxyl groups excluding tert-OH is 1. The molecule has 0 aliphatic heterocycles. The van der Waals surface area contributed by atoms with E-state index in [-0.39, 0.29) is 5.91 Å². The molecule has 0 spiro atoms. The lowest BCUT2D eigenvalue weighted by Crippen LogP contribution is -2.34. The predicted molar refractivity (Wildman–Crippen MR) is 77.2 cm³/mol. The Morgan fingerprint density at radius 3 is 2.68 bits per heavy atom. The number of amides is 1. The van der Waals surface area contributed by atoms with Crippen LogP contribution in [0.1, 0.15) is 10.4 Å². The first-order valence-electron chi connectivity index (χ1n) is 6.25. The number of aliphatic hydroxyl groups is 1. The lowest BCUT2D eigenvalue weighted by atomic mass is 10.1. The molecule has 0 fully saturated rings. The molecule has 0 saturated heterocycles. The molecule has 0 aliphatic carbocycles. The Balaban J connectivity index is 1.71. The summed E-state index contributed by atoms with van der Waals surface area (Å²) in [6.07, 6.45) is 0.394. The van der Waals surface area contributed by atoms with Crippen LogP contribution in [0.15, 0.2) is 47.8 Å². The van der Waals surface area contributed by atoms with Crippen molar-refractivity contribution in [2.75, 3.05) is 6.54 Å². The van der Waals surface area contributed by atoms with Crippen molar-refractivity contribution in [3.8, 4) is 0 Å². The van der Waals surface area contributed by atoms with Crippen LogP contribution in [0.5, 0.6) is 0 Å². The second-order valence-corrected chi connectivity index (χ2v) is 5.44. The molecule has 100 valence electrons. The van der Waals surface area contributed by atoms with Crippen LogP contribution >= 0.6 is 11.3 Å². The number of carbonyl (C=O) groups excluding carboxylic acids is 1. The van der Waals surface area contributed by atoms with E-state index in [1.165, 1.54) is 0 Å². The quantitative estimate of drug-likeness (QED) is 0.847. The van der Waals surface area contributed by atoms with Gasteiger partial charge in [0.05, 0.1) is 12.5 Å². The van der Waals surface area contributed by atoms with Crippen molar-refractivity contribution in [2.45, 2.75) is 18.9 Å². The number of carbonyl (C=O) groups is 1. The lowest BCUT2D eigenvalue weighted by Gasteiger charge is -2.11. The Hall–Kier alpha value is -1.65. The molecule has 2 aromatic rings. The van der Waals surface area contributed by atoms with Crippen molar-refractivity contribution < 1.29 is 9.90 Å². The highest BCUT2D eigenvalue weighted by Crippen LogP contribution is 2.08. The van der Waals surface area contributed by atoms with Crippen LogP contribution in [0, 0.1) is 0 Å². The van der Waals surface area contributed by atoms with E-state index >= 15 is 0 Å². The predicted octanol–water partition coefficient (Wildman–Crippen LogP) is 2.01. The maximum atomic E-state index is 11.7. The summed E-state index contributed by atoms with van der Waals surface area (Å²) in [6, 6.07) is 13.6. The SMILES string of the molecule is O=C(Cc1cccs1)NC[C@H](O)Cc1ccccc1. The van der Waals surface area contributed by atoms with Crippen LogP contribution in [0.2, 0.25) is 0 Å². The fraction of sp³-hybridized carbons (Fsp3) is 0.267. The number of nitrogens with one attached hydrogen (secondary N) is 1. The summed E-state index contributed by atoms with van der Waals surface area (Å²) < 4.78 is 0. The molecule has 0 bridgehead atoms. The van der Waals surface area contributed by atoms with E-state index in [9.17, 15) is 9.90 Å². The minimum absolute atomic E-state index is 0.0467. The van der Waals surface area contributed by atoms with Gasteiger partial charge in [0.1, 0.15) is 0 Å². The van der Waals surface area contributed by atoms with Gasteiger partial charge in [0.2, 0.25) is 5.91 Å². The van der Waals surface area contributed by atoms with Crippen molar-refractivity contribution in [1.29, 1.82) is 0 Å². The Labute approximate surface area is 116 Å². The minimum Gasteiger partial charge on any atom is -0.391 e. The summed E-state index contributed by atoms with van der Waals surface area (Å²) in [5.41, 5.74) is 1.07. The van der Waals surface area contributed by atoms with E-state index in [4.69, 9.17) is 0 Å². The highest BCUT2D eigenvalue weighted by molar-refractivity contribution is 7.10.